The lowest BCUT2D eigenvalue weighted by atomic mass is 10.1. The van der Waals surface area contributed by atoms with Gasteiger partial charge in [-0.25, -0.2) is 13.8 Å². The largest absolute Gasteiger partial charge is 0.487 e. The zero-order valence-corrected chi connectivity index (χ0v) is 22.8. The second kappa shape index (κ2) is 11.6. The highest BCUT2D eigenvalue weighted by Crippen LogP contribution is 2.47. The number of fused-ring (bicyclic) bond motifs is 1. The molecule has 40 heavy (non-hydrogen) atoms. The van der Waals surface area contributed by atoms with Crippen LogP contribution < -0.4 is 20.7 Å². The average Bonchev–Trinajstić information content (AvgIpc) is 3.57. The summed E-state index contributed by atoms with van der Waals surface area (Å²) in [4.78, 5) is 16.9. The number of aromatic nitrogens is 2. The van der Waals surface area contributed by atoms with E-state index in [0.717, 1.165) is 18.9 Å². The fraction of sp³-hybridized carbons (Fsp3) is 0.440. The predicted molar refractivity (Wildman–Crippen MR) is 141 cm³/mol. The Morgan fingerprint density at radius 2 is 1.95 bits per heavy atom. The molecule has 15 heteroatoms. The number of rotatable bonds is 11. The summed E-state index contributed by atoms with van der Waals surface area (Å²) in [7, 11) is 1.58. The summed E-state index contributed by atoms with van der Waals surface area (Å²) in [6, 6.07) is 5.70. The fourth-order valence-corrected chi connectivity index (χ4v) is 4.47. The molecule has 4 rings (SSSR count). The van der Waals surface area contributed by atoms with Crippen molar-refractivity contribution in [3.8, 4) is 5.75 Å². The van der Waals surface area contributed by atoms with Crippen LogP contribution in [-0.2, 0) is 13.6 Å². The second-order valence-corrected chi connectivity index (χ2v) is 10.6. The van der Waals surface area contributed by atoms with Crippen molar-refractivity contribution in [1.29, 1.82) is 0 Å². The van der Waals surface area contributed by atoms with Crippen LogP contribution in [0.15, 0.2) is 24.3 Å². The molecule has 218 valence electrons. The number of benzene rings is 2. The van der Waals surface area contributed by atoms with E-state index in [2.05, 4.69) is 15.6 Å². The third kappa shape index (κ3) is 6.88. The number of anilines is 2. The van der Waals surface area contributed by atoms with Gasteiger partial charge in [0, 0.05) is 25.1 Å². The molecule has 1 atom stereocenters. The number of halogens is 7. The Labute approximate surface area is 235 Å². The molecule has 2 aromatic carbocycles. The van der Waals surface area contributed by atoms with Crippen LogP contribution in [0.1, 0.15) is 35.7 Å². The van der Waals surface area contributed by atoms with Crippen LogP contribution in [0, 0.1) is 5.41 Å². The summed E-state index contributed by atoms with van der Waals surface area (Å²) < 4.78 is 70.1. The van der Waals surface area contributed by atoms with E-state index in [-0.39, 0.29) is 39.2 Å². The number of alkyl halides is 5. The first-order chi connectivity index (χ1) is 18.7. The van der Waals surface area contributed by atoms with E-state index in [0.29, 0.717) is 16.8 Å². The molecule has 3 aromatic rings. The van der Waals surface area contributed by atoms with Gasteiger partial charge >= 0.3 is 6.18 Å². The summed E-state index contributed by atoms with van der Waals surface area (Å²) in [5, 5.41) is 18.6. The zero-order chi connectivity index (χ0) is 29.4. The van der Waals surface area contributed by atoms with Crippen molar-refractivity contribution >= 4 is 51.8 Å². The minimum Gasteiger partial charge on any atom is -0.487 e. The molecular formula is C25H26Cl2F5N5O3. The van der Waals surface area contributed by atoms with Gasteiger partial charge in [-0.15, -0.1) is 0 Å². The number of imidazole rings is 1. The van der Waals surface area contributed by atoms with Crippen LogP contribution in [0.2, 0.25) is 10.0 Å². The summed E-state index contributed by atoms with van der Waals surface area (Å²) in [6.45, 7) is -0.465. The molecule has 1 saturated carbocycles. The van der Waals surface area contributed by atoms with Crippen molar-refractivity contribution in [3.05, 3.63) is 45.4 Å². The SMILES string of the molecule is Cn1c(Nc2c(Cl)ccc(CNC(O)C3(C)CC3)c2Cl)nc2cc(C(=O)NCC(F)(F)F)c(OCC(F)F)cc21. The minimum atomic E-state index is -4.68. The van der Waals surface area contributed by atoms with E-state index in [4.69, 9.17) is 27.9 Å². The lowest BCUT2D eigenvalue weighted by molar-refractivity contribution is -0.123. The van der Waals surface area contributed by atoms with E-state index >= 15 is 0 Å². The second-order valence-electron chi connectivity index (χ2n) is 9.79. The summed E-state index contributed by atoms with van der Waals surface area (Å²) in [5.41, 5.74) is 0.858. The third-order valence-corrected chi connectivity index (χ3v) is 7.38. The molecule has 1 unspecified atom stereocenters. The monoisotopic (exact) mass is 609 g/mol. The zero-order valence-electron chi connectivity index (χ0n) is 21.3. The number of carbonyl (C=O) groups is 1. The number of hydrogen-bond donors (Lipinski definition) is 4. The molecule has 1 aliphatic carbocycles. The maximum atomic E-state index is 12.8. The molecule has 0 aliphatic heterocycles. The Kier molecular flexibility index (Phi) is 8.69. The Balaban J connectivity index is 1.64. The van der Waals surface area contributed by atoms with Gasteiger partial charge in [0.2, 0.25) is 5.95 Å². The van der Waals surface area contributed by atoms with Gasteiger partial charge in [0.1, 0.15) is 25.1 Å². The molecule has 0 saturated heterocycles. The predicted octanol–water partition coefficient (Wildman–Crippen LogP) is 5.77. The van der Waals surface area contributed by atoms with Crippen LogP contribution in [0.4, 0.5) is 33.6 Å². The number of aryl methyl sites for hydroxylation is 1. The fourth-order valence-electron chi connectivity index (χ4n) is 3.94. The molecule has 1 heterocycles. The third-order valence-electron chi connectivity index (χ3n) is 6.63. The summed E-state index contributed by atoms with van der Waals surface area (Å²) in [6.07, 6.45) is -6.45. The number of ether oxygens (including phenoxy) is 1. The number of nitrogens with zero attached hydrogens (tertiary/aromatic N) is 2. The molecule has 1 aromatic heterocycles. The van der Waals surface area contributed by atoms with Gasteiger partial charge in [-0.1, -0.05) is 36.2 Å². The van der Waals surface area contributed by atoms with Gasteiger partial charge in [-0.05, 0) is 30.5 Å². The highest BCUT2D eigenvalue weighted by atomic mass is 35.5. The normalized spacial score (nSPS) is 15.4. The van der Waals surface area contributed by atoms with Gasteiger partial charge in [-0.2, -0.15) is 13.2 Å². The van der Waals surface area contributed by atoms with Crippen molar-refractivity contribution in [1.82, 2.24) is 20.2 Å². The highest BCUT2D eigenvalue weighted by molar-refractivity contribution is 6.39. The van der Waals surface area contributed by atoms with E-state index in [1.807, 2.05) is 6.92 Å². The van der Waals surface area contributed by atoms with Crippen LogP contribution in [0.5, 0.6) is 5.75 Å². The minimum absolute atomic E-state index is 0.164. The molecule has 1 aliphatic rings. The van der Waals surface area contributed by atoms with E-state index in [1.165, 1.54) is 10.6 Å². The number of hydrogen-bond acceptors (Lipinski definition) is 6. The molecule has 0 spiro atoms. The van der Waals surface area contributed by atoms with Crippen LogP contribution in [0.3, 0.4) is 0 Å². The summed E-state index contributed by atoms with van der Waals surface area (Å²) in [5.74, 6) is -1.33. The van der Waals surface area contributed by atoms with E-state index in [1.54, 1.807) is 24.5 Å². The Morgan fingerprint density at radius 1 is 1.25 bits per heavy atom. The Hall–Kier alpha value is -2.87. The highest BCUT2D eigenvalue weighted by Gasteiger charge is 2.44. The van der Waals surface area contributed by atoms with Crippen molar-refractivity contribution in [2.45, 2.75) is 45.1 Å². The molecule has 1 fully saturated rings. The smallest absolute Gasteiger partial charge is 0.405 e. The van der Waals surface area contributed by atoms with Crippen LogP contribution in [-0.4, -0.2) is 52.5 Å². The molecular weight excluding hydrogens is 584 g/mol. The van der Waals surface area contributed by atoms with Gasteiger partial charge in [-0.3, -0.25) is 10.1 Å². The molecule has 0 radical (unpaired) electrons. The first-order valence-electron chi connectivity index (χ1n) is 12.1. The van der Waals surface area contributed by atoms with Gasteiger partial charge in [0.15, 0.2) is 0 Å². The molecule has 8 nitrogen and oxygen atoms in total. The Bertz CT molecular complexity index is 1410. The number of nitrogens with one attached hydrogen (secondary N) is 3. The first kappa shape index (κ1) is 30.1. The van der Waals surface area contributed by atoms with E-state index in [9.17, 15) is 31.9 Å². The topological polar surface area (TPSA) is 100 Å². The number of aliphatic hydroxyl groups excluding tert-OH is 1. The lowest BCUT2D eigenvalue weighted by Gasteiger charge is -2.20. The average molecular weight is 610 g/mol. The summed E-state index contributed by atoms with van der Waals surface area (Å²) >= 11 is 13.0. The molecule has 4 N–H and O–H groups in total. The van der Waals surface area contributed by atoms with Crippen molar-refractivity contribution in [3.63, 3.8) is 0 Å². The number of amides is 1. The number of carbonyl (C=O) groups excluding carboxylic acids is 1. The van der Waals surface area contributed by atoms with Crippen molar-refractivity contribution < 1.29 is 36.6 Å². The lowest BCUT2D eigenvalue weighted by Crippen LogP contribution is -2.35. The first-order valence-corrected chi connectivity index (χ1v) is 12.9. The van der Waals surface area contributed by atoms with Gasteiger partial charge in [0.25, 0.3) is 12.3 Å². The maximum Gasteiger partial charge on any atom is 0.405 e. The van der Waals surface area contributed by atoms with Crippen molar-refractivity contribution in [2.75, 3.05) is 18.5 Å². The number of aliphatic hydroxyl groups is 1. The van der Waals surface area contributed by atoms with Gasteiger partial charge < -0.3 is 25.0 Å². The van der Waals surface area contributed by atoms with E-state index < -0.39 is 43.5 Å². The quantitative estimate of drug-likeness (QED) is 0.163. The van der Waals surface area contributed by atoms with Crippen LogP contribution >= 0.6 is 23.2 Å². The Morgan fingerprint density at radius 3 is 2.58 bits per heavy atom. The molecule has 0 bridgehead atoms. The maximum absolute atomic E-state index is 12.8. The standard InChI is InChI=1S/C25H26Cl2F5N5O3/c1-24(5-6-24)22(39)33-9-12-3-4-14(26)20(19(12)27)36-23-35-15-7-13(21(38)34-11-25(30,31)32)17(40-10-18(28)29)8-16(15)37(23)2/h3-4,7-8,18,22,33,39H,5-6,9-11H2,1-2H3,(H,34,38)(H,35,36). The van der Waals surface area contributed by atoms with Crippen LogP contribution in [0.25, 0.3) is 11.0 Å². The van der Waals surface area contributed by atoms with Gasteiger partial charge in [0.05, 0.1) is 32.3 Å². The molecule has 1 amide bonds. The van der Waals surface area contributed by atoms with Crippen molar-refractivity contribution in [2.24, 2.45) is 12.5 Å².